The van der Waals surface area contributed by atoms with E-state index in [4.69, 9.17) is 16.8 Å². The van der Waals surface area contributed by atoms with Crippen LogP contribution in [0.15, 0.2) is 83.8 Å². The number of amides is 3. The Kier molecular flexibility index (Phi) is 12.1. The highest BCUT2D eigenvalue weighted by atomic mass is 35.5. The number of rotatable bonds is 15. The number of hydrogen-bond donors (Lipinski definition) is 5. The number of unbranched alkanes of at least 4 members (excludes halogenated alkanes) is 1. The minimum absolute atomic E-state index is 0.0675. The fraction of sp³-hybridized carbons (Fsp3) is 0.242. The number of imidazole rings is 1. The van der Waals surface area contributed by atoms with Gasteiger partial charge in [-0.1, -0.05) is 97.7 Å². The lowest BCUT2D eigenvalue weighted by atomic mass is 9.98. The first-order valence-corrected chi connectivity index (χ1v) is 16.8. The van der Waals surface area contributed by atoms with Gasteiger partial charge in [-0.05, 0) is 35.6 Å². The summed E-state index contributed by atoms with van der Waals surface area (Å²) in [5.41, 5.74) is 3.47. The second-order valence-electron chi connectivity index (χ2n) is 10.8. The van der Waals surface area contributed by atoms with Crippen molar-refractivity contribution >= 4 is 45.3 Å². The van der Waals surface area contributed by atoms with E-state index in [1.54, 1.807) is 71.3 Å². The molecule has 4 rings (SSSR count). The van der Waals surface area contributed by atoms with Gasteiger partial charge in [-0.25, -0.2) is 28.4 Å². The second kappa shape index (κ2) is 16.2. The summed E-state index contributed by atoms with van der Waals surface area (Å²) in [5.74, 6) is -4.95. The average molecular weight is 696 g/mol. The van der Waals surface area contributed by atoms with Crippen molar-refractivity contribution in [3.05, 3.63) is 107 Å². The molecule has 1 atom stereocenters. The van der Waals surface area contributed by atoms with Gasteiger partial charge in [-0.15, -0.1) is 0 Å². The molecule has 0 saturated heterocycles. The van der Waals surface area contributed by atoms with Crippen molar-refractivity contribution < 1.29 is 37.9 Å². The zero-order chi connectivity index (χ0) is 34.8. The maximum absolute atomic E-state index is 13.3. The van der Waals surface area contributed by atoms with Gasteiger partial charge in [0.2, 0.25) is 5.91 Å². The summed E-state index contributed by atoms with van der Waals surface area (Å²) in [5, 5.41) is 21.0. The number of halogens is 1. The molecule has 0 aliphatic carbocycles. The first-order valence-electron chi connectivity index (χ1n) is 14.9. The molecule has 0 spiro atoms. The Morgan fingerprint density at radius 1 is 0.917 bits per heavy atom. The minimum Gasteiger partial charge on any atom is -0.476 e. The van der Waals surface area contributed by atoms with Crippen molar-refractivity contribution in [1.29, 1.82) is 0 Å². The molecular formula is C33H34ClN5O8S. The summed E-state index contributed by atoms with van der Waals surface area (Å²) >= 11 is 6.14. The van der Waals surface area contributed by atoms with Gasteiger partial charge < -0.3 is 15.0 Å². The molecule has 48 heavy (non-hydrogen) atoms. The van der Waals surface area contributed by atoms with E-state index in [-0.39, 0.29) is 34.3 Å². The van der Waals surface area contributed by atoms with Crippen LogP contribution in [0.5, 0.6) is 0 Å². The number of hydrogen-bond acceptors (Lipinski definition) is 8. The third kappa shape index (κ3) is 8.85. The van der Waals surface area contributed by atoms with Crippen LogP contribution in [0.3, 0.4) is 0 Å². The van der Waals surface area contributed by atoms with Crippen molar-refractivity contribution in [3.8, 4) is 11.1 Å². The number of benzene rings is 3. The summed E-state index contributed by atoms with van der Waals surface area (Å²) in [6.45, 7) is 1.43. The average Bonchev–Trinajstić information content (AvgIpc) is 3.39. The van der Waals surface area contributed by atoms with Gasteiger partial charge in [-0.3, -0.25) is 19.6 Å². The van der Waals surface area contributed by atoms with Crippen LogP contribution in [0.4, 0.5) is 0 Å². The van der Waals surface area contributed by atoms with Crippen LogP contribution in [-0.4, -0.2) is 58.5 Å². The highest BCUT2D eigenvalue weighted by molar-refractivity contribution is 7.90. The number of nitrogens with zero attached hydrogens (tertiary/aromatic N) is 2. The summed E-state index contributed by atoms with van der Waals surface area (Å²) in [7, 11) is -4.42. The number of hydroxylamine groups is 1. The summed E-state index contributed by atoms with van der Waals surface area (Å²) in [6.07, 6.45) is 2.17. The Balaban J connectivity index is 1.47. The number of aromatic nitrogens is 2. The quantitative estimate of drug-likeness (QED) is 0.0701. The van der Waals surface area contributed by atoms with Gasteiger partial charge >= 0.3 is 5.97 Å². The van der Waals surface area contributed by atoms with E-state index in [0.717, 1.165) is 18.4 Å². The molecule has 1 unspecified atom stereocenters. The first kappa shape index (κ1) is 35.8. The Morgan fingerprint density at radius 3 is 2.23 bits per heavy atom. The summed E-state index contributed by atoms with van der Waals surface area (Å²) in [6, 6.07) is 21.4. The molecule has 3 aromatic carbocycles. The van der Waals surface area contributed by atoms with Crippen LogP contribution in [0.25, 0.3) is 11.1 Å². The third-order valence-electron chi connectivity index (χ3n) is 7.44. The smallest absolute Gasteiger partial charge is 0.355 e. The normalized spacial score (nSPS) is 11.8. The molecular weight excluding hydrogens is 662 g/mol. The zero-order valence-electron chi connectivity index (χ0n) is 25.9. The molecule has 5 N–H and O–H groups in total. The Labute approximate surface area is 282 Å². The summed E-state index contributed by atoms with van der Waals surface area (Å²) in [4.78, 5) is 53.5. The van der Waals surface area contributed by atoms with Crippen molar-refractivity contribution in [2.24, 2.45) is 5.92 Å². The Hall–Kier alpha value is -5.05. The SMILES string of the molecule is CCCCc1nc(Cl)c(C(=O)O)n1Cc1ccc(-c2ccccc2S(=O)(=O)NC(=O)CNC(=O)C(Cc2ccccc2)C(=O)NO)cc1. The van der Waals surface area contributed by atoms with Crippen LogP contribution in [0, 0.1) is 5.92 Å². The zero-order valence-corrected chi connectivity index (χ0v) is 27.4. The number of carboxylic acid groups (broad SMARTS) is 1. The number of sulfonamides is 1. The molecule has 0 aliphatic heterocycles. The van der Waals surface area contributed by atoms with E-state index >= 15 is 0 Å². The minimum atomic E-state index is -4.42. The molecule has 0 aliphatic rings. The van der Waals surface area contributed by atoms with Gasteiger partial charge in [0, 0.05) is 18.5 Å². The lowest BCUT2D eigenvalue weighted by Crippen LogP contribution is -2.45. The van der Waals surface area contributed by atoms with E-state index in [2.05, 4.69) is 10.3 Å². The maximum Gasteiger partial charge on any atom is 0.355 e. The molecule has 0 radical (unpaired) electrons. The van der Waals surface area contributed by atoms with Crippen molar-refractivity contribution in [3.63, 3.8) is 0 Å². The van der Waals surface area contributed by atoms with Crippen LogP contribution in [-0.2, 0) is 43.8 Å². The van der Waals surface area contributed by atoms with E-state index in [1.165, 1.54) is 17.6 Å². The molecule has 13 nitrogen and oxygen atoms in total. The van der Waals surface area contributed by atoms with Crippen LogP contribution < -0.4 is 15.5 Å². The monoisotopic (exact) mass is 695 g/mol. The molecule has 252 valence electrons. The molecule has 0 saturated carbocycles. The van der Waals surface area contributed by atoms with Crippen molar-refractivity contribution in [2.45, 2.75) is 44.0 Å². The first-order chi connectivity index (χ1) is 22.9. The molecule has 4 aromatic rings. The van der Waals surface area contributed by atoms with Gasteiger partial charge in [0.25, 0.3) is 21.8 Å². The largest absolute Gasteiger partial charge is 0.476 e. The lowest BCUT2D eigenvalue weighted by Gasteiger charge is -2.16. The van der Waals surface area contributed by atoms with Crippen molar-refractivity contribution in [2.75, 3.05) is 6.54 Å². The number of carbonyl (C=O) groups is 4. The number of aromatic carboxylic acids is 1. The van der Waals surface area contributed by atoms with Crippen LogP contribution >= 0.6 is 11.6 Å². The standard InChI is InChI=1S/C33H34ClN5O8S/c1-2-3-13-27-36-30(34)29(33(43)44)39(27)20-22-14-16-23(17-15-22)24-11-7-8-12-26(24)48(46,47)38-28(40)19-35-31(41)25(32(42)37-45)18-21-9-5-4-6-10-21/h4-12,14-17,25,45H,2-3,13,18-20H2,1H3,(H,35,41)(H,37,42)(H,38,40)(H,43,44). The van der Waals surface area contributed by atoms with E-state index in [1.807, 2.05) is 11.6 Å². The van der Waals surface area contributed by atoms with Gasteiger partial charge in [-0.2, -0.15) is 0 Å². The predicted octanol–water partition coefficient (Wildman–Crippen LogP) is 3.58. The second-order valence-corrected chi connectivity index (χ2v) is 12.8. The highest BCUT2D eigenvalue weighted by Crippen LogP contribution is 2.28. The van der Waals surface area contributed by atoms with Gasteiger partial charge in [0.1, 0.15) is 11.7 Å². The molecule has 1 aromatic heterocycles. The fourth-order valence-corrected chi connectivity index (χ4v) is 6.54. The molecule has 15 heteroatoms. The van der Waals surface area contributed by atoms with Crippen LogP contribution in [0.2, 0.25) is 5.15 Å². The molecule has 0 fully saturated rings. The predicted molar refractivity (Wildman–Crippen MR) is 176 cm³/mol. The maximum atomic E-state index is 13.3. The Morgan fingerprint density at radius 2 is 1.58 bits per heavy atom. The number of carbonyl (C=O) groups excluding carboxylic acids is 3. The third-order valence-corrected chi connectivity index (χ3v) is 9.13. The fourth-order valence-electron chi connectivity index (χ4n) is 5.04. The highest BCUT2D eigenvalue weighted by Gasteiger charge is 2.28. The van der Waals surface area contributed by atoms with Crippen LogP contribution in [0.1, 0.15) is 47.2 Å². The number of carboxylic acids is 1. The van der Waals surface area contributed by atoms with E-state index in [0.29, 0.717) is 23.4 Å². The molecule has 3 amide bonds. The number of nitrogens with one attached hydrogen (secondary N) is 3. The van der Waals surface area contributed by atoms with Gasteiger partial charge in [0.15, 0.2) is 10.8 Å². The summed E-state index contributed by atoms with van der Waals surface area (Å²) < 4.78 is 30.2. The lowest BCUT2D eigenvalue weighted by molar-refractivity contribution is -0.141. The molecule has 0 bridgehead atoms. The topological polar surface area (TPSA) is 197 Å². The van der Waals surface area contributed by atoms with E-state index < -0.39 is 46.2 Å². The van der Waals surface area contributed by atoms with Crippen molar-refractivity contribution in [1.82, 2.24) is 25.1 Å². The van der Waals surface area contributed by atoms with E-state index in [9.17, 15) is 32.7 Å². The molecule has 1 heterocycles. The Bertz CT molecular complexity index is 1900. The van der Waals surface area contributed by atoms with Gasteiger partial charge in [0.05, 0.1) is 11.4 Å². The number of aryl methyl sites for hydroxylation is 1.